The van der Waals surface area contributed by atoms with E-state index in [0.717, 1.165) is 0 Å². The minimum absolute atomic E-state index is 0. The Kier molecular flexibility index (Phi) is 23.4. The molecular weight excluding hydrogens is 642 g/mol. The third kappa shape index (κ3) is 13.8. The Morgan fingerprint density at radius 1 is 0.412 bits per heavy atom. The highest BCUT2D eigenvalue weighted by atomic mass is 127. The number of quaternary nitrogens is 2. The number of hydrogen-bond acceptors (Lipinski definition) is 0. The van der Waals surface area contributed by atoms with Crippen molar-refractivity contribution in [1.82, 2.24) is 0 Å². The van der Waals surface area contributed by atoms with E-state index in [-0.39, 0.29) is 48.0 Å². The van der Waals surface area contributed by atoms with Crippen molar-refractivity contribution in [3.8, 4) is 0 Å². The number of rotatable bonds is 20. The van der Waals surface area contributed by atoms with E-state index >= 15 is 0 Å². The van der Waals surface area contributed by atoms with Gasteiger partial charge in [0.15, 0.2) is 0 Å². The monoisotopic (exact) mass is 700 g/mol. The van der Waals surface area contributed by atoms with Gasteiger partial charge in [0.2, 0.25) is 0 Å². The molecule has 0 bridgehead atoms. The lowest BCUT2D eigenvalue weighted by atomic mass is 10.0. The van der Waals surface area contributed by atoms with E-state index in [1.165, 1.54) is 137 Å². The first-order chi connectivity index (χ1) is 15.5. The summed E-state index contributed by atoms with van der Waals surface area (Å²) in [5.41, 5.74) is 3.06. The van der Waals surface area contributed by atoms with Crippen LogP contribution >= 0.6 is 0 Å². The first-order valence-corrected chi connectivity index (χ1v) is 14.3. The summed E-state index contributed by atoms with van der Waals surface area (Å²) in [5.74, 6) is 0. The summed E-state index contributed by atoms with van der Waals surface area (Å²) >= 11 is 0. The third-order valence-electron chi connectivity index (χ3n) is 8.74. The van der Waals surface area contributed by atoms with E-state index in [4.69, 9.17) is 0 Å². The van der Waals surface area contributed by atoms with E-state index in [9.17, 15) is 0 Å². The lowest BCUT2D eigenvalue weighted by Crippen LogP contribution is -3.00. The number of hydrogen-bond donors (Lipinski definition) is 0. The predicted octanol–water partition coefficient (Wildman–Crippen LogP) is 1.65. The van der Waals surface area contributed by atoms with Crippen LogP contribution in [0, 0.1) is 0 Å². The number of unbranched alkanes of at least 4 members (excludes halogenated alkanes) is 6. The maximum atomic E-state index is 2.39. The second kappa shape index (κ2) is 21.7. The Labute approximate surface area is 248 Å². The highest BCUT2D eigenvalue weighted by Crippen LogP contribution is 2.15. The molecule has 0 atom stereocenters. The largest absolute Gasteiger partial charge is 1.00 e. The first kappa shape index (κ1) is 36.8. The summed E-state index contributed by atoms with van der Waals surface area (Å²) in [6, 6.07) is 9.55. The van der Waals surface area contributed by atoms with Gasteiger partial charge in [0.1, 0.15) is 0 Å². The molecule has 2 nitrogen and oxygen atoms in total. The van der Waals surface area contributed by atoms with Crippen molar-refractivity contribution in [2.24, 2.45) is 0 Å². The van der Waals surface area contributed by atoms with E-state index in [0.29, 0.717) is 0 Å². The second-order valence-corrected chi connectivity index (χ2v) is 10.2. The van der Waals surface area contributed by atoms with Crippen LogP contribution in [0.5, 0.6) is 0 Å². The SMILES string of the molecule is CC[N+](CC)(CC)CCCCCCc1ccc(CCCCCC[N+](CC)(CC)CC)cc1.[I-].[I-]. The Morgan fingerprint density at radius 3 is 0.941 bits per heavy atom. The van der Waals surface area contributed by atoms with Crippen molar-refractivity contribution in [2.45, 2.75) is 106 Å². The zero-order chi connectivity index (χ0) is 23.7. The average molecular weight is 701 g/mol. The fourth-order valence-electron chi connectivity index (χ4n) is 5.42. The number of halogens is 2. The molecule has 0 spiro atoms. The number of nitrogens with zero attached hydrogens (tertiary/aromatic N) is 2. The van der Waals surface area contributed by atoms with Crippen molar-refractivity contribution < 1.29 is 56.9 Å². The van der Waals surface area contributed by atoms with Gasteiger partial charge in [0, 0.05) is 0 Å². The van der Waals surface area contributed by atoms with E-state index in [2.05, 4.69) is 65.8 Å². The summed E-state index contributed by atoms with van der Waals surface area (Å²) < 4.78 is 2.61. The number of aryl methyl sites for hydroxylation is 2. The summed E-state index contributed by atoms with van der Waals surface area (Å²) in [4.78, 5) is 0. The molecule has 0 N–H and O–H groups in total. The van der Waals surface area contributed by atoms with Crippen LogP contribution in [0.2, 0.25) is 0 Å². The molecule has 0 aliphatic rings. The zero-order valence-corrected chi connectivity index (χ0v) is 28.0. The van der Waals surface area contributed by atoms with Gasteiger partial charge in [-0.2, -0.15) is 0 Å². The molecule has 0 saturated carbocycles. The minimum Gasteiger partial charge on any atom is -1.00 e. The highest BCUT2D eigenvalue weighted by Gasteiger charge is 2.20. The lowest BCUT2D eigenvalue weighted by molar-refractivity contribution is -0.923. The van der Waals surface area contributed by atoms with Gasteiger partial charge in [-0.3, -0.25) is 0 Å². The van der Waals surface area contributed by atoms with Gasteiger partial charge >= 0.3 is 0 Å². The van der Waals surface area contributed by atoms with Crippen molar-refractivity contribution >= 4 is 0 Å². The molecular formula is C30H58I2N2. The molecule has 0 aliphatic heterocycles. The van der Waals surface area contributed by atoms with Gasteiger partial charge in [0.05, 0.1) is 52.4 Å². The Morgan fingerprint density at radius 2 is 0.676 bits per heavy atom. The molecule has 0 saturated heterocycles. The molecule has 202 valence electrons. The van der Waals surface area contributed by atoms with Crippen LogP contribution in [0.3, 0.4) is 0 Å². The molecule has 0 aromatic heterocycles. The molecule has 1 aromatic carbocycles. The lowest BCUT2D eigenvalue weighted by Gasteiger charge is -2.35. The van der Waals surface area contributed by atoms with Crippen LogP contribution in [0.1, 0.15) is 104 Å². The van der Waals surface area contributed by atoms with E-state index in [1.807, 2.05) is 0 Å². The molecule has 0 radical (unpaired) electrons. The van der Waals surface area contributed by atoms with Crippen molar-refractivity contribution in [3.63, 3.8) is 0 Å². The van der Waals surface area contributed by atoms with Crippen LogP contribution in [-0.2, 0) is 12.8 Å². The third-order valence-corrected chi connectivity index (χ3v) is 8.74. The van der Waals surface area contributed by atoms with Gasteiger partial charge in [-0.05, 0) is 104 Å². The van der Waals surface area contributed by atoms with Crippen LogP contribution in [0.25, 0.3) is 0 Å². The maximum Gasteiger partial charge on any atom is 0.0786 e. The smallest absolute Gasteiger partial charge is 0.0786 e. The fourth-order valence-corrected chi connectivity index (χ4v) is 5.42. The molecule has 1 rings (SSSR count). The molecule has 0 unspecified atom stereocenters. The van der Waals surface area contributed by atoms with Crippen molar-refractivity contribution in [1.29, 1.82) is 0 Å². The van der Waals surface area contributed by atoms with Crippen LogP contribution in [0.15, 0.2) is 24.3 Å². The molecule has 0 heterocycles. The fraction of sp³-hybridized carbons (Fsp3) is 0.800. The van der Waals surface area contributed by atoms with Gasteiger partial charge in [0.25, 0.3) is 0 Å². The summed E-state index contributed by atoms with van der Waals surface area (Å²) in [6.07, 6.45) is 13.5. The predicted molar refractivity (Wildman–Crippen MR) is 144 cm³/mol. The average Bonchev–Trinajstić information content (AvgIpc) is 2.85. The van der Waals surface area contributed by atoms with Crippen LogP contribution in [0.4, 0.5) is 0 Å². The van der Waals surface area contributed by atoms with Gasteiger partial charge in [-0.1, -0.05) is 37.1 Å². The summed E-state index contributed by atoms with van der Waals surface area (Å²) in [6.45, 7) is 24.6. The van der Waals surface area contributed by atoms with E-state index in [1.54, 1.807) is 0 Å². The summed E-state index contributed by atoms with van der Waals surface area (Å²) in [7, 11) is 0. The Hall–Kier alpha value is 0.600. The second-order valence-electron chi connectivity index (χ2n) is 10.2. The number of benzene rings is 1. The van der Waals surface area contributed by atoms with Crippen LogP contribution in [-0.4, -0.2) is 61.3 Å². The topological polar surface area (TPSA) is 0 Å². The van der Waals surface area contributed by atoms with E-state index < -0.39 is 0 Å². The first-order valence-electron chi connectivity index (χ1n) is 14.3. The molecule has 34 heavy (non-hydrogen) atoms. The molecule has 0 aliphatic carbocycles. The molecule has 1 aromatic rings. The molecule has 0 fully saturated rings. The van der Waals surface area contributed by atoms with Gasteiger partial charge in [-0.25, -0.2) is 0 Å². The summed E-state index contributed by atoms with van der Waals surface area (Å²) in [5, 5.41) is 0. The normalized spacial score (nSPS) is 11.7. The van der Waals surface area contributed by atoms with Crippen LogP contribution < -0.4 is 48.0 Å². The van der Waals surface area contributed by atoms with Gasteiger partial charge < -0.3 is 56.9 Å². The standard InChI is InChI=1S/C30H58N2.2HI/c1-7-31(8-2,9-3)27-19-15-13-17-21-29-23-25-30(26-24-29)22-18-14-16-20-28-32(10-4,11-5)12-6;;/h23-26H,7-22,27-28H2,1-6H3;2*1H/q+2;;/p-2. The van der Waals surface area contributed by atoms with Crippen molar-refractivity contribution in [3.05, 3.63) is 35.4 Å². The Balaban J connectivity index is 0. The van der Waals surface area contributed by atoms with Gasteiger partial charge in [-0.15, -0.1) is 0 Å². The maximum absolute atomic E-state index is 2.39. The molecule has 0 amide bonds. The zero-order valence-electron chi connectivity index (χ0n) is 23.7. The highest BCUT2D eigenvalue weighted by molar-refractivity contribution is 5.22. The van der Waals surface area contributed by atoms with Crippen molar-refractivity contribution in [2.75, 3.05) is 52.4 Å². The molecule has 4 heteroatoms. The quantitative estimate of drug-likeness (QED) is 0.110. The Bertz CT molecular complexity index is 498. The minimum atomic E-state index is 0.